The molecule has 2 aliphatic heterocycles. The van der Waals surface area contributed by atoms with Crippen LogP contribution in [0, 0.1) is 5.92 Å². The van der Waals surface area contributed by atoms with Gasteiger partial charge in [-0.25, -0.2) is 14.4 Å². The Bertz CT molecular complexity index is 1250. The summed E-state index contributed by atoms with van der Waals surface area (Å²) in [5, 5.41) is 0.769. The molecule has 0 N–H and O–H groups in total. The monoisotopic (exact) mass is 520 g/mol. The summed E-state index contributed by atoms with van der Waals surface area (Å²) in [6.45, 7) is 4.30. The molecule has 3 aromatic rings. The van der Waals surface area contributed by atoms with Gasteiger partial charge in [0.05, 0.1) is 42.4 Å². The number of piperidine rings is 1. The van der Waals surface area contributed by atoms with Crippen molar-refractivity contribution in [2.75, 3.05) is 44.3 Å². The third-order valence-electron chi connectivity index (χ3n) is 7.03. The van der Waals surface area contributed by atoms with Crippen LogP contribution >= 0.6 is 0 Å². The predicted molar refractivity (Wildman–Crippen MR) is 128 cm³/mol. The molecule has 0 amide bonds. The lowest BCUT2D eigenvalue weighted by atomic mass is 9.94. The number of hydrogen-bond acceptors (Lipinski definition) is 7. The summed E-state index contributed by atoms with van der Waals surface area (Å²) >= 11 is 0. The van der Waals surface area contributed by atoms with Crippen LogP contribution in [-0.2, 0) is 22.3 Å². The van der Waals surface area contributed by atoms with E-state index < -0.39 is 24.0 Å². The van der Waals surface area contributed by atoms with Crippen LogP contribution in [0.4, 0.5) is 23.4 Å². The first-order valence-corrected chi connectivity index (χ1v) is 12.2. The summed E-state index contributed by atoms with van der Waals surface area (Å²) < 4.78 is 61.5. The molecule has 8 nitrogen and oxygen atoms in total. The smallest absolute Gasteiger partial charge is 0.377 e. The molecule has 37 heavy (non-hydrogen) atoms. The summed E-state index contributed by atoms with van der Waals surface area (Å²) in [6, 6.07) is 3.86. The molecule has 0 saturated carbocycles. The van der Waals surface area contributed by atoms with E-state index in [4.69, 9.17) is 4.74 Å². The Morgan fingerprint density at radius 3 is 2.70 bits per heavy atom. The first kappa shape index (κ1) is 25.5. The number of aromatic nitrogens is 4. The van der Waals surface area contributed by atoms with Gasteiger partial charge in [-0.1, -0.05) is 0 Å². The highest BCUT2D eigenvalue weighted by Gasteiger charge is 2.34. The van der Waals surface area contributed by atoms with Gasteiger partial charge >= 0.3 is 6.18 Å². The maximum Gasteiger partial charge on any atom is 0.417 e. The molecule has 2 fully saturated rings. The molecule has 2 aliphatic rings. The zero-order valence-corrected chi connectivity index (χ0v) is 20.4. The number of morpholine rings is 1. The van der Waals surface area contributed by atoms with Gasteiger partial charge in [0.1, 0.15) is 29.7 Å². The number of anilines is 1. The van der Waals surface area contributed by atoms with Crippen LogP contribution in [0.3, 0.4) is 0 Å². The van der Waals surface area contributed by atoms with Gasteiger partial charge in [-0.3, -0.25) is 14.7 Å². The second kappa shape index (κ2) is 10.3. The van der Waals surface area contributed by atoms with Crippen LogP contribution in [0.1, 0.15) is 30.6 Å². The van der Waals surface area contributed by atoms with E-state index in [1.165, 1.54) is 19.3 Å². The molecule has 0 aliphatic carbocycles. The van der Waals surface area contributed by atoms with Crippen LogP contribution in [-0.4, -0.2) is 75.8 Å². The third kappa shape index (κ3) is 5.45. The first-order chi connectivity index (χ1) is 17.7. The van der Waals surface area contributed by atoms with E-state index in [-0.39, 0.29) is 31.4 Å². The number of ether oxygens (including phenoxy) is 1. The van der Waals surface area contributed by atoms with Crippen molar-refractivity contribution < 1.29 is 27.1 Å². The minimum absolute atomic E-state index is 0.0270. The van der Waals surface area contributed by atoms with Crippen molar-refractivity contribution in [3.05, 3.63) is 48.2 Å². The molecule has 3 unspecified atom stereocenters. The molecular weight excluding hydrogens is 492 g/mol. The lowest BCUT2D eigenvalue weighted by molar-refractivity contribution is -0.137. The van der Waals surface area contributed by atoms with Gasteiger partial charge in [0.2, 0.25) is 0 Å². The van der Waals surface area contributed by atoms with Gasteiger partial charge in [-0.15, -0.1) is 0 Å². The van der Waals surface area contributed by atoms with Crippen molar-refractivity contribution in [2.24, 2.45) is 5.92 Å². The quantitative estimate of drug-likeness (QED) is 0.459. The lowest BCUT2D eigenvalue weighted by Crippen LogP contribution is -2.44. The van der Waals surface area contributed by atoms with E-state index in [9.17, 15) is 22.4 Å². The maximum absolute atomic E-state index is 15.0. The number of hydrogen-bond donors (Lipinski definition) is 0. The van der Waals surface area contributed by atoms with Crippen molar-refractivity contribution in [3.63, 3.8) is 0 Å². The molecule has 12 heteroatoms. The number of halogens is 4. The number of alkyl halides is 4. The minimum atomic E-state index is -4.46. The molecule has 5 heterocycles. The van der Waals surface area contributed by atoms with E-state index in [0.717, 1.165) is 17.6 Å². The molecule has 3 aromatic heterocycles. The number of rotatable bonds is 6. The molecule has 0 bridgehead atoms. The van der Waals surface area contributed by atoms with E-state index in [2.05, 4.69) is 15.0 Å². The van der Waals surface area contributed by atoms with Crippen LogP contribution < -0.4 is 4.90 Å². The fourth-order valence-corrected chi connectivity index (χ4v) is 5.17. The highest BCUT2D eigenvalue weighted by Crippen LogP contribution is 2.34. The zero-order valence-electron chi connectivity index (χ0n) is 20.4. The molecule has 0 radical (unpaired) electrons. The van der Waals surface area contributed by atoms with Crippen molar-refractivity contribution in [2.45, 2.75) is 38.3 Å². The molecule has 2 saturated heterocycles. The number of carbonyl (C=O) groups excluding carboxylic acids is 1. The Labute approximate surface area is 211 Å². The second-order valence-corrected chi connectivity index (χ2v) is 9.66. The second-order valence-electron chi connectivity index (χ2n) is 9.66. The topological polar surface area (TPSA) is 76.4 Å². The number of Topliss-reactive ketones (excluding diaryl/α,β-unsaturated/α-hetero) is 1. The fraction of sp³-hybridized carbons (Fsp3) is 0.520. The Kier molecular flexibility index (Phi) is 7.13. The molecule has 5 rings (SSSR count). The average Bonchev–Trinajstić information content (AvgIpc) is 3.28. The van der Waals surface area contributed by atoms with Gasteiger partial charge in [0.15, 0.2) is 0 Å². The van der Waals surface area contributed by atoms with Gasteiger partial charge in [-0.05, 0) is 38.1 Å². The van der Waals surface area contributed by atoms with Crippen molar-refractivity contribution >= 4 is 22.6 Å². The maximum atomic E-state index is 15.0. The summed E-state index contributed by atoms with van der Waals surface area (Å²) in [5.41, 5.74) is 0.310. The Balaban J connectivity index is 1.37. The average molecular weight is 521 g/mol. The predicted octanol–water partition coefficient (Wildman–Crippen LogP) is 3.67. The Morgan fingerprint density at radius 1 is 1.16 bits per heavy atom. The number of fused-ring (bicyclic) bond motifs is 1. The number of ketones is 1. The summed E-state index contributed by atoms with van der Waals surface area (Å²) in [5.74, 6) is 0.454. The van der Waals surface area contributed by atoms with Crippen LogP contribution in [0.25, 0.3) is 11.0 Å². The lowest BCUT2D eigenvalue weighted by Gasteiger charge is -2.36. The number of likely N-dealkylation sites (tertiary alicyclic amines) is 1. The van der Waals surface area contributed by atoms with Gasteiger partial charge < -0.3 is 14.2 Å². The largest absolute Gasteiger partial charge is 0.417 e. The van der Waals surface area contributed by atoms with Crippen LogP contribution in [0.2, 0.25) is 0 Å². The number of pyridine rings is 1. The standard InChI is InChI=1S/C25H28F4N6O2/c1-16(36)11-33-6-4-17(20(26)13-33)12-34-7-5-19-23(34)31-15-32-24(19)35-8-9-37-14-22(35)21-3-2-18(10-30-21)25(27,28)29/h2-3,5,7,10,15,17,20,22H,4,6,8-9,11-14H2,1H3. The van der Waals surface area contributed by atoms with Gasteiger partial charge in [0.25, 0.3) is 0 Å². The highest BCUT2D eigenvalue weighted by molar-refractivity contribution is 5.88. The van der Waals surface area contributed by atoms with Gasteiger partial charge in [0, 0.05) is 37.9 Å². The van der Waals surface area contributed by atoms with Crippen molar-refractivity contribution in [1.82, 2.24) is 24.4 Å². The Morgan fingerprint density at radius 2 is 2.00 bits per heavy atom. The molecule has 198 valence electrons. The van der Waals surface area contributed by atoms with Crippen LogP contribution in [0.15, 0.2) is 36.9 Å². The highest BCUT2D eigenvalue weighted by atomic mass is 19.4. The number of carbonyl (C=O) groups is 1. The Hall–Kier alpha value is -3.12. The van der Waals surface area contributed by atoms with E-state index in [1.807, 2.05) is 26.6 Å². The summed E-state index contributed by atoms with van der Waals surface area (Å²) in [6.07, 6.45) is -0.729. The van der Waals surface area contributed by atoms with E-state index in [1.54, 1.807) is 0 Å². The van der Waals surface area contributed by atoms with Crippen LogP contribution in [0.5, 0.6) is 0 Å². The summed E-state index contributed by atoms with van der Waals surface area (Å²) in [4.78, 5) is 28.3. The van der Waals surface area contributed by atoms with Crippen molar-refractivity contribution in [3.8, 4) is 0 Å². The minimum Gasteiger partial charge on any atom is -0.377 e. The molecule has 0 spiro atoms. The van der Waals surface area contributed by atoms with Crippen molar-refractivity contribution in [1.29, 1.82) is 0 Å². The molecular formula is C25H28F4N6O2. The third-order valence-corrected chi connectivity index (χ3v) is 7.03. The first-order valence-electron chi connectivity index (χ1n) is 12.2. The SMILES string of the molecule is CC(=O)CN1CCC(Cn2ccc3c(N4CCOCC4c4ccc(C(F)(F)F)cn4)ncnc32)C(F)C1. The molecule has 0 aromatic carbocycles. The van der Waals surface area contributed by atoms with E-state index >= 15 is 0 Å². The number of nitrogens with zero attached hydrogens (tertiary/aromatic N) is 6. The van der Waals surface area contributed by atoms with Gasteiger partial charge in [-0.2, -0.15) is 13.2 Å². The fourth-order valence-electron chi connectivity index (χ4n) is 5.17. The summed E-state index contributed by atoms with van der Waals surface area (Å²) in [7, 11) is 0. The van der Waals surface area contributed by atoms with E-state index in [0.29, 0.717) is 49.8 Å². The molecule has 3 atom stereocenters. The normalized spacial score (nSPS) is 23.5. The zero-order chi connectivity index (χ0) is 26.2.